The van der Waals surface area contributed by atoms with E-state index in [-0.39, 0.29) is 5.91 Å². The van der Waals surface area contributed by atoms with Crippen LogP contribution in [-0.2, 0) is 4.79 Å². The van der Waals surface area contributed by atoms with Gasteiger partial charge in [0.1, 0.15) is 5.75 Å². The van der Waals surface area contributed by atoms with Crippen molar-refractivity contribution in [2.75, 3.05) is 12.0 Å². The van der Waals surface area contributed by atoms with Crippen molar-refractivity contribution >= 4 is 63.5 Å². The van der Waals surface area contributed by atoms with Crippen LogP contribution in [0.4, 0.5) is 11.4 Å². The number of benzene rings is 3. The van der Waals surface area contributed by atoms with E-state index in [2.05, 4.69) is 4.99 Å². The molecule has 0 unspecified atom stereocenters. The van der Waals surface area contributed by atoms with Crippen molar-refractivity contribution in [2.24, 2.45) is 4.99 Å². The van der Waals surface area contributed by atoms with Crippen LogP contribution in [0.15, 0.2) is 82.7 Å². The Hall–Kier alpha value is -2.73. The lowest BCUT2D eigenvalue weighted by Gasteiger charge is -2.15. The topological polar surface area (TPSA) is 41.9 Å². The van der Waals surface area contributed by atoms with Crippen LogP contribution in [-0.4, -0.2) is 18.2 Å². The summed E-state index contributed by atoms with van der Waals surface area (Å²) in [6, 6.07) is 21.8. The molecular weight excluding hydrogens is 439 g/mol. The average molecular weight is 455 g/mol. The van der Waals surface area contributed by atoms with E-state index >= 15 is 0 Å². The summed E-state index contributed by atoms with van der Waals surface area (Å²) in [6.45, 7) is 0. The third-order valence-corrected chi connectivity index (χ3v) is 5.81. The zero-order chi connectivity index (χ0) is 21.1. The van der Waals surface area contributed by atoms with Gasteiger partial charge in [-0.2, -0.15) is 0 Å². The van der Waals surface area contributed by atoms with Crippen LogP contribution in [0, 0.1) is 0 Å². The molecule has 1 heterocycles. The molecule has 0 spiro atoms. The molecule has 0 aliphatic carbocycles. The second kappa shape index (κ2) is 8.96. The number of hydrogen-bond donors (Lipinski definition) is 0. The van der Waals surface area contributed by atoms with Crippen LogP contribution >= 0.6 is 35.0 Å². The second-order valence-electron chi connectivity index (χ2n) is 6.38. The van der Waals surface area contributed by atoms with E-state index in [1.807, 2.05) is 42.5 Å². The maximum atomic E-state index is 13.3. The fourth-order valence-electron chi connectivity index (χ4n) is 2.88. The minimum absolute atomic E-state index is 0.155. The highest BCUT2D eigenvalue weighted by molar-refractivity contribution is 8.19. The molecule has 0 aromatic heterocycles. The number of thioether (sulfide) groups is 1. The molecular formula is C23H16Cl2N2O2S. The minimum Gasteiger partial charge on any atom is -0.497 e. The average Bonchev–Trinajstić information content (AvgIpc) is 3.05. The van der Waals surface area contributed by atoms with Gasteiger partial charge in [-0.15, -0.1) is 0 Å². The fraction of sp³-hybridized carbons (Fsp3) is 0.0435. The first kappa shape index (κ1) is 20.5. The zero-order valence-electron chi connectivity index (χ0n) is 15.9. The van der Waals surface area contributed by atoms with Gasteiger partial charge >= 0.3 is 0 Å². The number of aliphatic imine (C=N–C) groups is 1. The Balaban J connectivity index is 1.76. The van der Waals surface area contributed by atoms with Crippen LogP contribution < -0.4 is 9.64 Å². The molecule has 0 radical (unpaired) electrons. The summed E-state index contributed by atoms with van der Waals surface area (Å²) in [6.07, 6.45) is 1.84. The van der Waals surface area contributed by atoms with Gasteiger partial charge < -0.3 is 4.74 Å². The van der Waals surface area contributed by atoms with E-state index in [0.717, 1.165) is 11.3 Å². The van der Waals surface area contributed by atoms with Gasteiger partial charge in [-0.25, -0.2) is 4.99 Å². The summed E-state index contributed by atoms with van der Waals surface area (Å²) in [5.41, 5.74) is 2.27. The third kappa shape index (κ3) is 4.54. The van der Waals surface area contributed by atoms with Crippen molar-refractivity contribution in [2.45, 2.75) is 0 Å². The number of hydrogen-bond acceptors (Lipinski definition) is 4. The van der Waals surface area contributed by atoms with Gasteiger partial charge in [0.05, 0.1) is 23.4 Å². The number of amides is 1. The van der Waals surface area contributed by atoms with Crippen molar-refractivity contribution in [3.63, 3.8) is 0 Å². The van der Waals surface area contributed by atoms with E-state index in [1.54, 1.807) is 48.4 Å². The standard InChI is InChI=1S/C23H16Cl2N2O2S/c1-29-20-4-2-3-15(13-20)14-21-22(28)27(19-11-7-17(25)8-12-19)23(30-21)26-18-9-5-16(24)6-10-18/h2-14H,1H3/b21-14-,26-23?. The lowest BCUT2D eigenvalue weighted by molar-refractivity contribution is -0.113. The molecule has 0 saturated carbocycles. The van der Waals surface area contributed by atoms with E-state index in [1.165, 1.54) is 11.8 Å². The number of methoxy groups -OCH3 is 1. The molecule has 30 heavy (non-hydrogen) atoms. The number of anilines is 1. The first-order chi connectivity index (χ1) is 14.5. The second-order valence-corrected chi connectivity index (χ2v) is 8.26. The summed E-state index contributed by atoms with van der Waals surface area (Å²) in [7, 11) is 1.61. The fourth-order valence-corrected chi connectivity index (χ4v) is 4.13. The maximum Gasteiger partial charge on any atom is 0.271 e. The van der Waals surface area contributed by atoms with E-state index in [9.17, 15) is 4.79 Å². The Morgan fingerprint density at radius 1 is 0.967 bits per heavy atom. The number of ether oxygens (including phenoxy) is 1. The van der Waals surface area contributed by atoms with E-state index in [4.69, 9.17) is 27.9 Å². The predicted molar refractivity (Wildman–Crippen MR) is 126 cm³/mol. The normalized spacial score (nSPS) is 16.5. The molecule has 1 fully saturated rings. The molecule has 4 rings (SSSR count). The summed E-state index contributed by atoms with van der Waals surface area (Å²) >= 11 is 13.3. The van der Waals surface area contributed by atoms with E-state index < -0.39 is 0 Å². The molecule has 4 nitrogen and oxygen atoms in total. The van der Waals surface area contributed by atoms with E-state index in [0.29, 0.717) is 31.5 Å². The summed E-state index contributed by atoms with van der Waals surface area (Å²) in [4.78, 5) is 20.1. The van der Waals surface area contributed by atoms with Gasteiger partial charge in [0, 0.05) is 10.0 Å². The molecule has 7 heteroatoms. The number of halogens is 2. The van der Waals surface area contributed by atoms with Crippen LogP contribution in [0.1, 0.15) is 5.56 Å². The summed E-state index contributed by atoms with van der Waals surface area (Å²) in [5, 5.41) is 1.78. The van der Waals surface area contributed by atoms with Crippen LogP contribution in [0.3, 0.4) is 0 Å². The van der Waals surface area contributed by atoms with Crippen molar-refractivity contribution < 1.29 is 9.53 Å². The van der Waals surface area contributed by atoms with Gasteiger partial charge in [0.15, 0.2) is 5.17 Å². The minimum atomic E-state index is -0.155. The van der Waals surface area contributed by atoms with Crippen LogP contribution in [0.5, 0.6) is 5.75 Å². The van der Waals surface area contributed by atoms with Gasteiger partial charge in [-0.3, -0.25) is 9.69 Å². The van der Waals surface area contributed by atoms with Gasteiger partial charge in [0.2, 0.25) is 0 Å². The maximum absolute atomic E-state index is 13.3. The molecule has 150 valence electrons. The quantitative estimate of drug-likeness (QED) is 0.406. The highest BCUT2D eigenvalue weighted by atomic mass is 35.5. The zero-order valence-corrected chi connectivity index (χ0v) is 18.2. The Labute approximate surface area is 188 Å². The molecule has 0 atom stereocenters. The van der Waals surface area contributed by atoms with Crippen LogP contribution in [0.2, 0.25) is 10.0 Å². The Kier molecular flexibility index (Phi) is 6.13. The van der Waals surface area contributed by atoms with Crippen molar-refractivity contribution in [1.82, 2.24) is 0 Å². The molecule has 1 saturated heterocycles. The molecule has 1 aliphatic rings. The smallest absolute Gasteiger partial charge is 0.271 e. The number of nitrogens with zero attached hydrogens (tertiary/aromatic N) is 2. The van der Waals surface area contributed by atoms with Crippen molar-refractivity contribution in [3.05, 3.63) is 93.3 Å². The molecule has 1 amide bonds. The lowest BCUT2D eigenvalue weighted by Crippen LogP contribution is -2.28. The van der Waals surface area contributed by atoms with Crippen LogP contribution in [0.25, 0.3) is 6.08 Å². The van der Waals surface area contributed by atoms with Gasteiger partial charge in [0.25, 0.3) is 5.91 Å². The Morgan fingerprint density at radius 3 is 2.30 bits per heavy atom. The Morgan fingerprint density at radius 2 is 1.63 bits per heavy atom. The number of amidine groups is 1. The number of rotatable bonds is 4. The third-order valence-electron chi connectivity index (χ3n) is 4.33. The van der Waals surface area contributed by atoms with Crippen molar-refractivity contribution in [3.8, 4) is 5.75 Å². The molecule has 0 bridgehead atoms. The molecule has 1 aliphatic heterocycles. The largest absolute Gasteiger partial charge is 0.497 e. The highest BCUT2D eigenvalue weighted by Crippen LogP contribution is 2.38. The molecule has 3 aromatic rings. The first-order valence-electron chi connectivity index (χ1n) is 9.01. The summed E-state index contributed by atoms with van der Waals surface area (Å²) in [5.74, 6) is 0.572. The number of carbonyl (C=O) groups excluding carboxylic acids is 1. The first-order valence-corrected chi connectivity index (χ1v) is 10.6. The lowest BCUT2D eigenvalue weighted by atomic mass is 10.2. The molecule has 0 N–H and O–H groups in total. The predicted octanol–water partition coefficient (Wildman–Crippen LogP) is 6.81. The Bertz CT molecular complexity index is 1140. The summed E-state index contributed by atoms with van der Waals surface area (Å²) < 4.78 is 5.28. The van der Waals surface area contributed by atoms with Gasteiger partial charge in [-0.05, 0) is 84.1 Å². The highest BCUT2D eigenvalue weighted by Gasteiger charge is 2.34. The number of carbonyl (C=O) groups is 1. The monoisotopic (exact) mass is 454 g/mol. The SMILES string of the molecule is COc1cccc(/C=C2\SC(=Nc3ccc(Cl)cc3)N(c3ccc(Cl)cc3)C2=O)c1. The molecule has 3 aromatic carbocycles. The van der Waals surface area contributed by atoms with Gasteiger partial charge in [-0.1, -0.05) is 35.3 Å². The van der Waals surface area contributed by atoms with Crippen molar-refractivity contribution in [1.29, 1.82) is 0 Å².